The third-order valence-corrected chi connectivity index (χ3v) is 6.71. The van der Waals surface area contributed by atoms with Crippen LogP contribution in [0.2, 0.25) is 0 Å². The Labute approximate surface area is 217 Å². The Morgan fingerprint density at radius 2 is 2.03 bits per heavy atom. The van der Waals surface area contributed by atoms with E-state index in [4.69, 9.17) is 15.2 Å². The number of aliphatic carboxylic acids is 1. The number of hydrogen-bond donors (Lipinski definition) is 2. The van der Waals surface area contributed by atoms with Crippen molar-refractivity contribution in [3.05, 3.63) is 83.2 Å². The zero-order valence-corrected chi connectivity index (χ0v) is 21.5. The molecule has 0 saturated carbocycles. The minimum atomic E-state index is -0.919. The molecule has 2 atom stereocenters. The second-order valence-corrected chi connectivity index (χ2v) is 9.53. The molecule has 0 aliphatic carbocycles. The molecule has 0 spiro atoms. The van der Waals surface area contributed by atoms with E-state index in [-0.39, 0.29) is 24.9 Å². The first-order valence-corrected chi connectivity index (χ1v) is 12.8. The summed E-state index contributed by atoms with van der Waals surface area (Å²) in [4.78, 5) is 13.5. The summed E-state index contributed by atoms with van der Waals surface area (Å²) in [7, 11) is 0. The largest absolute Gasteiger partial charge is 0.489 e. The fourth-order valence-corrected chi connectivity index (χ4v) is 4.79. The molecular weight excluding hydrogens is 471 g/mol. The highest BCUT2D eigenvalue weighted by molar-refractivity contribution is 5.72. The number of anilines is 1. The first-order valence-electron chi connectivity index (χ1n) is 12.8. The second kappa shape index (κ2) is 12.2. The molecule has 3 N–H and O–H groups in total. The predicted molar refractivity (Wildman–Crippen MR) is 143 cm³/mol. The van der Waals surface area contributed by atoms with Crippen LogP contribution in [0, 0.1) is 5.82 Å². The molecule has 37 heavy (non-hydrogen) atoms. The van der Waals surface area contributed by atoms with Crippen molar-refractivity contribution in [1.29, 1.82) is 0 Å². The molecule has 7 heteroatoms. The number of nitrogens with two attached hydrogens (primary N) is 1. The number of likely N-dealkylation sites (N-methyl/N-ethyl adjacent to an activating group) is 1. The number of carboxylic acids is 1. The highest BCUT2D eigenvalue weighted by Gasteiger charge is 2.21. The molecule has 1 aliphatic heterocycles. The van der Waals surface area contributed by atoms with E-state index in [1.807, 2.05) is 24.3 Å². The van der Waals surface area contributed by atoms with Crippen LogP contribution in [-0.4, -0.2) is 36.9 Å². The summed E-state index contributed by atoms with van der Waals surface area (Å²) in [6.45, 7) is 6.39. The highest BCUT2D eigenvalue weighted by atomic mass is 19.1. The maximum atomic E-state index is 15.5. The summed E-state index contributed by atoms with van der Waals surface area (Å²) in [6.07, 6.45) is 2.13. The Balaban J connectivity index is 1.70. The summed E-state index contributed by atoms with van der Waals surface area (Å²) in [5, 5.41) is 9.25. The van der Waals surface area contributed by atoms with Gasteiger partial charge in [0.2, 0.25) is 0 Å². The Morgan fingerprint density at radius 3 is 2.73 bits per heavy atom. The van der Waals surface area contributed by atoms with E-state index in [2.05, 4.69) is 17.9 Å². The first-order chi connectivity index (χ1) is 17.9. The molecule has 0 radical (unpaired) electrons. The lowest BCUT2D eigenvalue weighted by atomic mass is 9.97. The van der Waals surface area contributed by atoms with E-state index in [1.165, 1.54) is 0 Å². The second-order valence-electron chi connectivity index (χ2n) is 9.53. The number of nitrogens with zero attached hydrogens (tertiary/aromatic N) is 1. The lowest BCUT2D eigenvalue weighted by molar-refractivity contribution is -0.136. The van der Waals surface area contributed by atoms with Crippen molar-refractivity contribution in [2.24, 2.45) is 5.73 Å². The number of ether oxygens (including phenoxy) is 2. The quantitative estimate of drug-likeness (QED) is 0.346. The molecule has 0 unspecified atom stereocenters. The predicted octanol–water partition coefficient (Wildman–Crippen LogP) is 5.72. The van der Waals surface area contributed by atoms with Gasteiger partial charge in [0.05, 0.1) is 12.5 Å². The minimum absolute atomic E-state index is 0.123. The monoisotopic (exact) mass is 506 g/mol. The van der Waals surface area contributed by atoms with Crippen LogP contribution in [0.4, 0.5) is 10.1 Å². The number of carboxylic acid groups (broad SMARTS) is 1. The molecule has 0 bridgehead atoms. The molecule has 1 aliphatic rings. The fourth-order valence-electron chi connectivity index (χ4n) is 4.79. The number of carbonyl (C=O) groups is 1. The molecule has 4 rings (SSSR count). The summed E-state index contributed by atoms with van der Waals surface area (Å²) in [5.74, 6) is -0.721. The minimum Gasteiger partial charge on any atom is -0.489 e. The van der Waals surface area contributed by atoms with E-state index in [1.54, 1.807) is 37.3 Å². The standard InChI is InChI=1S/C30H35FN2O4/c1-3-33(18-25-9-7-13-36-25)24-15-21(19-37-28-12-5-4-8-22(28)17-29(34)35)14-23(16-24)27-11-6-10-26(20(2)32)30(27)31/h4-6,8,10-12,14-16,20,25H,3,7,9,13,17-19,32H2,1-2H3,(H,34,35)/t20-,25+/m1/s1. The van der Waals surface area contributed by atoms with Gasteiger partial charge in [-0.3, -0.25) is 4.79 Å². The summed E-state index contributed by atoms with van der Waals surface area (Å²) >= 11 is 0. The topological polar surface area (TPSA) is 85.0 Å². The molecule has 1 saturated heterocycles. The van der Waals surface area contributed by atoms with Gasteiger partial charge in [-0.15, -0.1) is 0 Å². The van der Waals surface area contributed by atoms with Gasteiger partial charge in [0.1, 0.15) is 18.2 Å². The van der Waals surface area contributed by atoms with Gasteiger partial charge < -0.3 is 25.2 Å². The van der Waals surface area contributed by atoms with Gasteiger partial charge in [-0.1, -0.05) is 36.4 Å². The number of benzene rings is 3. The van der Waals surface area contributed by atoms with Crippen LogP contribution >= 0.6 is 0 Å². The molecule has 0 amide bonds. The number of hydrogen-bond acceptors (Lipinski definition) is 5. The van der Waals surface area contributed by atoms with Gasteiger partial charge >= 0.3 is 5.97 Å². The SMILES string of the molecule is CCN(C[C@@H]1CCCO1)c1cc(COc2ccccc2CC(=O)O)cc(-c2cccc([C@@H](C)N)c2F)c1. The lowest BCUT2D eigenvalue weighted by Crippen LogP contribution is -2.32. The Kier molecular flexibility index (Phi) is 8.79. The van der Waals surface area contributed by atoms with Crippen molar-refractivity contribution in [1.82, 2.24) is 0 Å². The first kappa shape index (κ1) is 26.6. The molecular formula is C30H35FN2O4. The van der Waals surface area contributed by atoms with Gasteiger partial charge in [0.15, 0.2) is 0 Å². The van der Waals surface area contributed by atoms with Crippen LogP contribution in [0.1, 0.15) is 49.4 Å². The van der Waals surface area contributed by atoms with E-state index in [0.717, 1.165) is 49.4 Å². The lowest BCUT2D eigenvalue weighted by Gasteiger charge is -2.27. The summed E-state index contributed by atoms with van der Waals surface area (Å²) in [5.41, 5.74) is 10.1. The maximum absolute atomic E-state index is 15.5. The zero-order chi connectivity index (χ0) is 26.4. The Morgan fingerprint density at radius 1 is 1.22 bits per heavy atom. The van der Waals surface area contributed by atoms with E-state index in [0.29, 0.717) is 22.4 Å². The smallest absolute Gasteiger partial charge is 0.307 e. The molecule has 196 valence electrons. The highest BCUT2D eigenvalue weighted by Crippen LogP contribution is 2.33. The number of para-hydroxylation sites is 1. The normalized spacial score (nSPS) is 15.9. The van der Waals surface area contributed by atoms with Gasteiger partial charge in [0.25, 0.3) is 0 Å². The van der Waals surface area contributed by atoms with Crippen molar-refractivity contribution in [3.8, 4) is 16.9 Å². The van der Waals surface area contributed by atoms with Gasteiger partial charge in [-0.2, -0.15) is 0 Å². The van der Waals surface area contributed by atoms with Gasteiger partial charge in [-0.05, 0) is 62.1 Å². The van der Waals surface area contributed by atoms with Crippen LogP contribution in [0.15, 0.2) is 60.7 Å². The Bertz CT molecular complexity index is 1220. The molecule has 1 heterocycles. The zero-order valence-electron chi connectivity index (χ0n) is 21.5. The van der Waals surface area contributed by atoms with E-state index < -0.39 is 12.0 Å². The third-order valence-electron chi connectivity index (χ3n) is 6.71. The van der Waals surface area contributed by atoms with Crippen LogP contribution in [0.3, 0.4) is 0 Å². The summed E-state index contributed by atoms with van der Waals surface area (Å²) < 4.78 is 27.5. The molecule has 1 fully saturated rings. The van der Waals surface area contributed by atoms with Crippen LogP contribution in [-0.2, 0) is 22.6 Å². The third kappa shape index (κ3) is 6.67. The average molecular weight is 507 g/mol. The molecule has 3 aromatic rings. The van der Waals surface area contributed by atoms with Crippen LogP contribution in [0.5, 0.6) is 5.75 Å². The Hall–Kier alpha value is -3.42. The van der Waals surface area contributed by atoms with Crippen molar-refractivity contribution < 1.29 is 23.8 Å². The number of halogens is 1. The van der Waals surface area contributed by atoms with E-state index in [9.17, 15) is 9.90 Å². The van der Waals surface area contributed by atoms with Crippen molar-refractivity contribution >= 4 is 11.7 Å². The van der Waals surface area contributed by atoms with Gasteiger partial charge in [0, 0.05) is 48.1 Å². The van der Waals surface area contributed by atoms with Crippen molar-refractivity contribution in [2.75, 3.05) is 24.6 Å². The molecule has 0 aromatic heterocycles. The summed E-state index contributed by atoms with van der Waals surface area (Å²) in [6, 6.07) is 18.0. The average Bonchev–Trinajstić information content (AvgIpc) is 3.39. The van der Waals surface area contributed by atoms with Crippen LogP contribution < -0.4 is 15.4 Å². The van der Waals surface area contributed by atoms with Crippen molar-refractivity contribution in [3.63, 3.8) is 0 Å². The van der Waals surface area contributed by atoms with E-state index >= 15 is 4.39 Å². The molecule has 3 aromatic carbocycles. The van der Waals surface area contributed by atoms with Gasteiger partial charge in [-0.25, -0.2) is 4.39 Å². The van der Waals surface area contributed by atoms with Crippen molar-refractivity contribution in [2.45, 2.75) is 51.9 Å². The maximum Gasteiger partial charge on any atom is 0.307 e. The fraction of sp³-hybridized carbons (Fsp3) is 0.367. The van der Waals surface area contributed by atoms with Crippen LogP contribution in [0.25, 0.3) is 11.1 Å². The molecule has 6 nitrogen and oxygen atoms in total. The number of rotatable bonds is 11.